The monoisotopic (exact) mass is 271 g/mol. The average molecular weight is 271 g/mol. The largest absolute Gasteiger partial charge is 0.327 e. The Labute approximate surface area is 123 Å². The second-order valence-electron chi connectivity index (χ2n) is 8.40. The van der Waals surface area contributed by atoms with Crippen molar-refractivity contribution in [3.63, 3.8) is 0 Å². The maximum Gasteiger partial charge on any atom is 0.00957 e. The summed E-state index contributed by atoms with van der Waals surface area (Å²) in [4.78, 5) is 0. The number of rotatable bonds is 0. The highest BCUT2D eigenvalue weighted by molar-refractivity contribution is 5.23. The normalized spacial score (nSPS) is 57.0. The lowest BCUT2D eigenvalue weighted by Crippen LogP contribution is -2.53. The van der Waals surface area contributed by atoms with E-state index in [-0.39, 0.29) is 0 Å². The summed E-state index contributed by atoms with van der Waals surface area (Å²) in [6.45, 7) is 5.03. The molecule has 4 aliphatic carbocycles. The fourth-order valence-corrected chi connectivity index (χ4v) is 6.47. The minimum atomic E-state index is 0.422. The van der Waals surface area contributed by atoms with Crippen molar-refractivity contribution in [2.75, 3.05) is 0 Å². The van der Waals surface area contributed by atoms with Gasteiger partial charge >= 0.3 is 0 Å². The van der Waals surface area contributed by atoms with Gasteiger partial charge in [0.25, 0.3) is 0 Å². The van der Waals surface area contributed by atoms with E-state index in [1.165, 1.54) is 38.5 Å². The number of allylic oxidation sites excluding steroid dienone is 4. The van der Waals surface area contributed by atoms with Crippen LogP contribution in [0.2, 0.25) is 0 Å². The maximum atomic E-state index is 6.49. The van der Waals surface area contributed by atoms with E-state index in [0.29, 0.717) is 16.9 Å². The number of fused-ring (bicyclic) bond motifs is 5. The van der Waals surface area contributed by atoms with Crippen LogP contribution in [0.3, 0.4) is 0 Å². The van der Waals surface area contributed by atoms with Crippen LogP contribution in [0.1, 0.15) is 52.4 Å². The van der Waals surface area contributed by atoms with Crippen LogP contribution in [0.5, 0.6) is 0 Å². The van der Waals surface area contributed by atoms with Gasteiger partial charge in [0.05, 0.1) is 0 Å². The third kappa shape index (κ3) is 1.53. The first kappa shape index (κ1) is 13.1. The lowest BCUT2D eigenvalue weighted by Gasteiger charge is -2.58. The van der Waals surface area contributed by atoms with Crippen molar-refractivity contribution in [3.05, 3.63) is 24.3 Å². The van der Waals surface area contributed by atoms with Gasteiger partial charge in [-0.05, 0) is 73.0 Å². The van der Waals surface area contributed by atoms with E-state index in [4.69, 9.17) is 5.73 Å². The minimum Gasteiger partial charge on any atom is -0.327 e. The molecular formula is C19H29N. The van der Waals surface area contributed by atoms with Crippen molar-refractivity contribution >= 4 is 0 Å². The Hall–Kier alpha value is -0.560. The zero-order chi connectivity index (χ0) is 14.0. The zero-order valence-electron chi connectivity index (χ0n) is 13.0. The molecule has 1 nitrogen and oxygen atoms in total. The summed E-state index contributed by atoms with van der Waals surface area (Å²) >= 11 is 0. The molecular weight excluding hydrogens is 242 g/mol. The quantitative estimate of drug-likeness (QED) is 0.698. The van der Waals surface area contributed by atoms with E-state index >= 15 is 0 Å². The second kappa shape index (κ2) is 4.22. The second-order valence-corrected chi connectivity index (χ2v) is 8.40. The van der Waals surface area contributed by atoms with Crippen molar-refractivity contribution < 1.29 is 0 Å². The van der Waals surface area contributed by atoms with Gasteiger partial charge in [-0.3, -0.25) is 0 Å². The molecule has 4 aliphatic rings. The fourth-order valence-electron chi connectivity index (χ4n) is 6.47. The summed E-state index contributed by atoms with van der Waals surface area (Å²) in [7, 11) is 0. The van der Waals surface area contributed by atoms with Crippen molar-refractivity contribution in [2.45, 2.75) is 58.4 Å². The summed E-state index contributed by atoms with van der Waals surface area (Å²) in [6, 6.07) is 0.459. The standard InChI is InChI=1S/C19H29N/c1-18-11-4-3-5-13(18)6-7-14-15-8-9-17(20)19(15,2)12-10-16(14)18/h3-5,11,13-17H,6-10,12,20H2,1-2H3/t13?,14-,15-,16+,17?,18-,19-/m0/s1. The Bertz CT molecular complexity index is 464. The van der Waals surface area contributed by atoms with Crippen LogP contribution in [0.15, 0.2) is 24.3 Å². The molecule has 0 bridgehead atoms. The molecule has 0 saturated heterocycles. The first-order valence-corrected chi connectivity index (χ1v) is 8.67. The lowest BCUT2D eigenvalue weighted by molar-refractivity contribution is -0.0578. The van der Waals surface area contributed by atoms with Crippen LogP contribution in [0.4, 0.5) is 0 Å². The van der Waals surface area contributed by atoms with Gasteiger partial charge in [-0.1, -0.05) is 38.2 Å². The van der Waals surface area contributed by atoms with E-state index in [1.807, 2.05) is 0 Å². The first-order chi connectivity index (χ1) is 9.56. The SMILES string of the molecule is C[C@]12C=CC=CC1CC[C@@H]1[C@H]2CC[C@]2(C)C(N)CC[C@@H]12. The Balaban J connectivity index is 1.68. The molecule has 0 radical (unpaired) electrons. The minimum absolute atomic E-state index is 0.422. The highest BCUT2D eigenvalue weighted by Crippen LogP contribution is 2.64. The van der Waals surface area contributed by atoms with Crippen molar-refractivity contribution in [2.24, 2.45) is 40.2 Å². The molecule has 0 aliphatic heterocycles. The van der Waals surface area contributed by atoms with Gasteiger partial charge in [0.2, 0.25) is 0 Å². The van der Waals surface area contributed by atoms with Crippen molar-refractivity contribution in [3.8, 4) is 0 Å². The first-order valence-electron chi connectivity index (χ1n) is 8.67. The molecule has 20 heavy (non-hydrogen) atoms. The third-order valence-electron chi connectivity index (χ3n) is 7.83. The van der Waals surface area contributed by atoms with Gasteiger partial charge in [0.15, 0.2) is 0 Å². The number of hydrogen-bond acceptors (Lipinski definition) is 1. The zero-order valence-corrected chi connectivity index (χ0v) is 13.0. The number of nitrogens with two attached hydrogens (primary N) is 1. The molecule has 0 aromatic carbocycles. The molecule has 0 spiro atoms. The van der Waals surface area contributed by atoms with Gasteiger partial charge in [0.1, 0.15) is 0 Å². The van der Waals surface area contributed by atoms with E-state index < -0.39 is 0 Å². The predicted molar refractivity (Wildman–Crippen MR) is 84.1 cm³/mol. The molecule has 0 heterocycles. The fraction of sp³-hybridized carbons (Fsp3) is 0.789. The Kier molecular flexibility index (Phi) is 2.77. The van der Waals surface area contributed by atoms with Gasteiger partial charge in [-0.2, -0.15) is 0 Å². The summed E-state index contributed by atoms with van der Waals surface area (Å²) in [5, 5.41) is 0. The summed E-state index contributed by atoms with van der Waals surface area (Å²) in [6.07, 6.45) is 17.8. The Morgan fingerprint density at radius 1 is 0.950 bits per heavy atom. The van der Waals surface area contributed by atoms with E-state index in [2.05, 4.69) is 38.2 Å². The number of hydrogen-bond donors (Lipinski definition) is 1. The smallest absolute Gasteiger partial charge is 0.00957 e. The Morgan fingerprint density at radius 2 is 1.80 bits per heavy atom. The van der Waals surface area contributed by atoms with Crippen LogP contribution in [-0.4, -0.2) is 6.04 Å². The van der Waals surface area contributed by atoms with Crippen LogP contribution in [0.25, 0.3) is 0 Å². The molecule has 2 unspecified atom stereocenters. The van der Waals surface area contributed by atoms with E-state index in [0.717, 1.165) is 23.7 Å². The Morgan fingerprint density at radius 3 is 2.65 bits per heavy atom. The molecule has 1 heteroatoms. The summed E-state index contributed by atoms with van der Waals surface area (Å²) in [5.74, 6) is 3.51. The van der Waals surface area contributed by atoms with E-state index in [1.54, 1.807) is 0 Å². The molecule has 110 valence electrons. The highest BCUT2D eigenvalue weighted by Gasteiger charge is 2.58. The van der Waals surface area contributed by atoms with Crippen molar-refractivity contribution in [1.29, 1.82) is 0 Å². The lowest BCUT2D eigenvalue weighted by atomic mass is 9.47. The van der Waals surface area contributed by atoms with Crippen LogP contribution in [-0.2, 0) is 0 Å². The van der Waals surface area contributed by atoms with Gasteiger partial charge in [-0.15, -0.1) is 0 Å². The predicted octanol–water partition coefficient (Wildman–Crippen LogP) is 4.30. The van der Waals surface area contributed by atoms with Gasteiger partial charge < -0.3 is 5.73 Å². The molecule has 3 fully saturated rings. The topological polar surface area (TPSA) is 26.0 Å². The van der Waals surface area contributed by atoms with Gasteiger partial charge in [0, 0.05) is 6.04 Å². The van der Waals surface area contributed by atoms with E-state index in [9.17, 15) is 0 Å². The van der Waals surface area contributed by atoms with Crippen LogP contribution in [0, 0.1) is 34.5 Å². The summed E-state index contributed by atoms with van der Waals surface area (Å²) < 4.78 is 0. The third-order valence-corrected chi connectivity index (χ3v) is 7.83. The molecule has 7 atom stereocenters. The molecule has 0 aromatic rings. The maximum absolute atomic E-state index is 6.49. The summed E-state index contributed by atoms with van der Waals surface area (Å²) in [5.41, 5.74) is 7.35. The highest BCUT2D eigenvalue weighted by atomic mass is 14.8. The average Bonchev–Trinajstić information content (AvgIpc) is 2.74. The molecule has 0 aromatic heterocycles. The van der Waals surface area contributed by atoms with Gasteiger partial charge in [-0.25, -0.2) is 0 Å². The molecule has 0 amide bonds. The molecule has 2 N–H and O–H groups in total. The van der Waals surface area contributed by atoms with Crippen LogP contribution >= 0.6 is 0 Å². The van der Waals surface area contributed by atoms with Crippen molar-refractivity contribution in [1.82, 2.24) is 0 Å². The molecule has 4 rings (SSSR count). The molecule has 3 saturated carbocycles. The van der Waals surface area contributed by atoms with Crippen LogP contribution < -0.4 is 5.73 Å².